The van der Waals surface area contributed by atoms with Crippen LogP contribution in [0.25, 0.3) is 0 Å². The summed E-state index contributed by atoms with van der Waals surface area (Å²) in [6, 6.07) is 0. The van der Waals surface area contributed by atoms with Crippen molar-refractivity contribution in [2.45, 2.75) is 26.7 Å². The summed E-state index contributed by atoms with van der Waals surface area (Å²) in [5, 5.41) is 0. The first kappa shape index (κ1) is 16.4. The topological polar surface area (TPSA) is 60.9 Å². The third kappa shape index (κ3) is 3.67. The minimum Gasteiger partial charge on any atom is -0.343 e. The molecule has 0 aromatic heterocycles. The zero-order chi connectivity index (χ0) is 14.6. The van der Waals surface area contributed by atoms with Crippen LogP contribution in [0.3, 0.4) is 0 Å². The van der Waals surface area contributed by atoms with E-state index in [2.05, 4.69) is 0 Å². The van der Waals surface area contributed by atoms with Gasteiger partial charge in [-0.1, -0.05) is 0 Å². The highest BCUT2D eigenvalue weighted by molar-refractivity contribution is 7.86. The predicted octanol–water partition coefficient (Wildman–Crippen LogP) is 0.373. The van der Waals surface area contributed by atoms with Crippen LogP contribution >= 0.6 is 0 Å². The van der Waals surface area contributed by atoms with E-state index in [4.69, 9.17) is 0 Å². The third-order valence-corrected chi connectivity index (χ3v) is 5.50. The van der Waals surface area contributed by atoms with E-state index in [-0.39, 0.29) is 11.8 Å². The molecular weight excluding hydrogens is 266 g/mol. The molecule has 0 aromatic rings. The van der Waals surface area contributed by atoms with Crippen molar-refractivity contribution in [2.75, 3.05) is 40.3 Å². The van der Waals surface area contributed by atoms with E-state index in [1.54, 1.807) is 4.90 Å². The number of hydrogen-bond acceptors (Lipinski definition) is 3. The van der Waals surface area contributed by atoms with Crippen molar-refractivity contribution < 1.29 is 13.2 Å². The van der Waals surface area contributed by atoms with Crippen molar-refractivity contribution in [1.82, 2.24) is 13.5 Å². The molecule has 1 saturated heterocycles. The summed E-state index contributed by atoms with van der Waals surface area (Å²) in [7, 11) is -0.372. The minimum absolute atomic E-state index is 0.0728. The van der Waals surface area contributed by atoms with Crippen molar-refractivity contribution in [3.8, 4) is 0 Å². The number of amides is 1. The van der Waals surface area contributed by atoms with Gasteiger partial charge in [0, 0.05) is 40.3 Å². The molecule has 1 aliphatic rings. The molecule has 1 aliphatic heterocycles. The van der Waals surface area contributed by atoms with Crippen LogP contribution in [0.2, 0.25) is 0 Å². The maximum absolute atomic E-state index is 12.3. The monoisotopic (exact) mass is 291 g/mol. The predicted molar refractivity (Wildman–Crippen MR) is 74.8 cm³/mol. The fraction of sp³-hybridized carbons (Fsp3) is 0.917. The van der Waals surface area contributed by atoms with Crippen LogP contribution in [-0.4, -0.2) is 68.1 Å². The Balaban J connectivity index is 2.78. The Hall–Kier alpha value is -0.660. The van der Waals surface area contributed by atoms with Crippen molar-refractivity contribution in [3.63, 3.8) is 0 Å². The van der Waals surface area contributed by atoms with Gasteiger partial charge >= 0.3 is 0 Å². The van der Waals surface area contributed by atoms with Gasteiger partial charge in [-0.3, -0.25) is 4.79 Å². The van der Waals surface area contributed by atoms with Crippen LogP contribution in [0.4, 0.5) is 0 Å². The minimum atomic E-state index is -3.41. The van der Waals surface area contributed by atoms with Gasteiger partial charge in [0.25, 0.3) is 10.2 Å². The van der Waals surface area contributed by atoms with Gasteiger partial charge in [0.05, 0.1) is 5.92 Å². The maximum atomic E-state index is 12.3. The molecule has 0 aromatic carbocycles. The van der Waals surface area contributed by atoms with Gasteiger partial charge in [-0.05, 0) is 26.7 Å². The quantitative estimate of drug-likeness (QED) is 0.735. The molecule has 1 heterocycles. The molecule has 0 aliphatic carbocycles. The summed E-state index contributed by atoms with van der Waals surface area (Å²) in [6.07, 6.45) is 1.51. The first-order valence-electron chi connectivity index (χ1n) is 6.80. The molecule has 0 saturated carbocycles. The second-order valence-corrected chi connectivity index (χ2v) is 7.14. The Bertz CT molecular complexity index is 404. The second kappa shape index (κ2) is 6.67. The highest BCUT2D eigenvalue weighted by Crippen LogP contribution is 2.22. The van der Waals surface area contributed by atoms with Gasteiger partial charge in [0.2, 0.25) is 5.91 Å². The summed E-state index contributed by atoms with van der Waals surface area (Å²) in [5.74, 6) is -0.132. The number of hydrogen-bond donors (Lipinski definition) is 0. The fourth-order valence-electron chi connectivity index (χ4n) is 2.38. The van der Waals surface area contributed by atoms with Crippen LogP contribution < -0.4 is 0 Å². The molecule has 1 fully saturated rings. The summed E-state index contributed by atoms with van der Waals surface area (Å²) < 4.78 is 26.8. The molecule has 0 N–H and O–H groups in total. The molecule has 1 atom stereocenters. The Kier molecular flexibility index (Phi) is 5.76. The molecule has 0 bridgehead atoms. The van der Waals surface area contributed by atoms with Crippen LogP contribution in [0, 0.1) is 5.92 Å². The van der Waals surface area contributed by atoms with E-state index in [0.717, 1.165) is 12.8 Å². The number of carbonyl (C=O) groups is 1. The van der Waals surface area contributed by atoms with Gasteiger partial charge in [0.15, 0.2) is 0 Å². The van der Waals surface area contributed by atoms with Crippen LogP contribution in [-0.2, 0) is 15.0 Å². The van der Waals surface area contributed by atoms with E-state index >= 15 is 0 Å². The smallest absolute Gasteiger partial charge is 0.281 e. The number of rotatable bonds is 5. The van der Waals surface area contributed by atoms with Crippen LogP contribution in [0.5, 0.6) is 0 Å². The lowest BCUT2D eigenvalue weighted by molar-refractivity contribution is -0.136. The Morgan fingerprint density at radius 2 is 1.84 bits per heavy atom. The first-order chi connectivity index (χ1) is 8.84. The fourth-order valence-corrected chi connectivity index (χ4v) is 3.57. The molecule has 0 unspecified atom stereocenters. The molecule has 19 heavy (non-hydrogen) atoms. The molecule has 1 amide bonds. The lowest BCUT2D eigenvalue weighted by atomic mass is 9.98. The molecule has 0 radical (unpaired) electrons. The van der Waals surface area contributed by atoms with Crippen molar-refractivity contribution >= 4 is 16.1 Å². The van der Waals surface area contributed by atoms with E-state index in [0.29, 0.717) is 26.2 Å². The van der Waals surface area contributed by atoms with Gasteiger partial charge in [0.1, 0.15) is 0 Å². The molecule has 112 valence electrons. The van der Waals surface area contributed by atoms with Crippen molar-refractivity contribution in [2.24, 2.45) is 5.92 Å². The maximum Gasteiger partial charge on any atom is 0.281 e. The van der Waals surface area contributed by atoms with Gasteiger partial charge in [-0.2, -0.15) is 17.0 Å². The van der Waals surface area contributed by atoms with Gasteiger partial charge in [-0.15, -0.1) is 0 Å². The average Bonchev–Trinajstić information content (AvgIpc) is 2.40. The average molecular weight is 291 g/mol. The third-order valence-electron chi connectivity index (χ3n) is 3.60. The Morgan fingerprint density at radius 1 is 1.26 bits per heavy atom. The summed E-state index contributed by atoms with van der Waals surface area (Å²) >= 11 is 0. The van der Waals surface area contributed by atoms with Crippen LogP contribution in [0.15, 0.2) is 0 Å². The zero-order valence-corrected chi connectivity index (χ0v) is 13.1. The molecule has 7 heteroatoms. The van der Waals surface area contributed by atoms with E-state index in [1.165, 1.54) is 22.7 Å². The van der Waals surface area contributed by atoms with Crippen molar-refractivity contribution in [3.05, 3.63) is 0 Å². The molecule has 6 nitrogen and oxygen atoms in total. The zero-order valence-electron chi connectivity index (χ0n) is 12.3. The summed E-state index contributed by atoms with van der Waals surface area (Å²) in [5.41, 5.74) is 0. The lowest BCUT2D eigenvalue weighted by Gasteiger charge is -2.34. The first-order valence-corrected chi connectivity index (χ1v) is 8.20. The number of piperidine rings is 1. The number of carbonyl (C=O) groups excluding carboxylic acids is 1. The highest BCUT2D eigenvalue weighted by atomic mass is 32.2. The lowest BCUT2D eigenvalue weighted by Crippen LogP contribution is -2.49. The second-order valence-electron chi connectivity index (χ2n) is 5.00. The largest absolute Gasteiger partial charge is 0.343 e. The SMILES string of the molecule is CCN(CC)C(=O)[C@H]1CCCN(S(=O)(=O)N(C)C)C1. The van der Waals surface area contributed by atoms with Crippen molar-refractivity contribution in [1.29, 1.82) is 0 Å². The highest BCUT2D eigenvalue weighted by Gasteiger charge is 2.34. The molecule has 0 spiro atoms. The van der Waals surface area contributed by atoms with Gasteiger partial charge in [-0.25, -0.2) is 0 Å². The normalized spacial score (nSPS) is 21.6. The Morgan fingerprint density at radius 3 is 2.32 bits per heavy atom. The van der Waals surface area contributed by atoms with E-state index < -0.39 is 10.2 Å². The van der Waals surface area contributed by atoms with E-state index in [1.807, 2.05) is 13.8 Å². The number of nitrogens with zero attached hydrogens (tertiary/aromatic N) is 3. The molecular formula is C12H25N3O3S. The summed E-state index contributed by atoms with van der Waals surface area (Å²) in [4.78, 5) is 14.1. The van der Waals surface area contributed by atoms with E-state index in [9.17, 15) is 13.2 Å². The standard InChI is InChI=1S/C12H25N3O3S/c1-5-14(6-2)12(16)11-8-7-9-15(10-11)19(17,18)13(3)4/h11H,5-10H2,1-4H3/t11-/m0/s1. The molecule has 1 rings (SSSR count). The summed E-state index contributed by atoms with van der Waals surface area (Å²) in [6.45, 7) is 6.04. The van der Waals surface area contributed by atoms with Crippen LogP contribution in [0.1, 0.15) is 26.7 Å². The Labute approximate surface area is 116 Å². The van der Waals surface area contributed by atoms with Gasteiger partial charge < -0.3 is 4.90 Å².